The van der Waals surface area contributed by atoms with Gasteiger partial charge in [-0.05, 0) is 67.6 Å². The van der Waals surface area contributed by atoms with Crippen LogP contribution in [0.4, 0.5) is 5.82 Å². The number of anilines is 1. The topological polar surface area (TPSA) is 24.9 Å². The van der Waals surface area contributed by atoms with Gasteiger partial charge in [-0.3, -0.25) is 0 Å². The van der Waals surface area contributed by atoms with Crippen LogP contribution in [0.15, 0.2) is 65.6 Å². The monoisotopic (exact) mass is 320 g/mol. The minimum atomic E-state index is 0.886. The number of hydrogen-bond donors (Lipinski definition) is 1. The second-order valence-electron chi connectivity index (χ2n) is 5.72. The predicted octanol–water partition coefficient (Wildman–Crippen LogP) is 5.79. The molecule has 1 N–H and O–H groups in total. The van der Waals surface area contributed by atoms with E-state index in [2.05, 4.69) is 66.0 Å². The predicted molar refractivity (Wildman–Crippen MR) is 99.8 cm³/mol. The number of rotatable bonds is 4. The summed E-state index contributed by atoms with van der Waals surface area (Å²) in [5.41, 5.74) is 6.07. The lowest BCUT2D eigenvalue weighted by Gasteiger charge is -2.10. The van der Waals surface area contributed by atoms with E-state index in [0.29, 0.717) is 0 Å². The Morgan fingerprint density at radius 3 is 2.35 bits per heavy atom. The SMILES string of the molecule is Cc1cccc(-c2ccc(SNc3cccc(C)n3)c(C)c2)c1. The van der Waals surface area contributed by atoms with Gasteiger partial charge < -0.3 is 4.72 Å². The minimum absolute atomic E-state index is 0.886. The van der Waals surface area contributed by atoms with Crippen LogP contribution < -0.4 is 4.72 Å². The summed E-state index contributed by atoms with van der Waals surface area (Å²) in [5, 5.41) is 0. The van der Waals surface area contributed by atoms with Gasteiger partial charge in [0.05, 0.1) is 0 Å². The van der Waals surface area contributed by atoms with Gasteiger partial charge in [-0.15, -0.1) is 0 Å². The van der Waals surface area contributed by atoms with Crippen LogP contribution in [0.3, 0.4) is 0 Å². The summed E-state index contributed by atoms with van der Waals surface area (Å²) in [6, 6.07) is 21.2. The second kappa shape index (κ2) is 6.88. The Kier molecular flexibility index (Phi) is 4.68. The van der Waals surface area contributed by atoms with Crippen LogP contribution >= 0.6 is 11.9 Å². The van der Waals surface area contributed by atoms with Crippen molar-refractivity contribution >= 4 is 17.8 Å². The zero-order valence-corrected chi connectivity index (χ0v) is 14.4. The first-order valence-electron chi connectivity index (χ1n) is 7.66. The van der Waals surface area contributed by atoms with Crippen molar-refractivity contribution in [3.8, 4) is 11.1 Å². The van der Waals surface area contributed by atoms with Crippen molar-refractivity contribution < 1.29 is 0 Å². The van der Waals surface area contributed by atoms with Crippen molar-refractivity contribution in [2.45, 2.75) is 25.7 Å². The fourth-order valence-electron chi connectivity index (χ4n) is 2.48. The van der Waals surface area contributed by atoms with Gasteiger partial charge in [0.15, 0.2) is 0 Å². The third-order valence-electron chi connectivity index (χ3n) is 3.68. The van der Waals surface area contributed by atoms with Gasteiger partial charge >= 0.3 is 0 Å². The van der Waals surface area contributed by atoms with Gasteiger partial charge in [0.25, 0.3) is 0 Å². The van der Waals surface area contributed by atoms with Crippen LogP contribution in [0.2, 0.25) is 0 Å². The highest BCUT2D eigenvalue weighted by atomic mass is 32.2. The zero-order valence-electron chi connectivity index (χ0n) is 13.6. The maximum Gasteiger partial charge on any atom is 0.136 e. The van der Waals surface area contributed by atoms with Crippen molar-refractivity contribution in [2.24, 2.45) is 0 Å². The number of nitrogens with zero attached hydrogens (tertiary/aromatic N) is 1. The van der Waals surface area contributed by atoms with E-state index in [1.54, 1.807) is 11.9 Å². The number of pyridine rings is 1. The molecule has 0 amide bonds. The first-order chi connectivity index (χ1) is 11.1. The van der Waals surface area contributed by atoms with Crippen LogP contribution in [0, 0.1) is 20.8 Å². The van der Waals surface area contributed by atoms with Crippen molar-refractivity contribution in [3.63, 3.8) is 0 Å². The van der Waals surface area contributed by atoms with Crippen molar-refractivity contribution in [2.75, 3.05) is 4.72 Å². The molecular weight excluding hydrogens is 300 g/mol. The summed E-state index contributed by atoms with van der Waals surface area (Å²) in [5.74, 6) is 0.886. The molecule has 0 unspecified atom stereocenters. The Labute approximate surface area is 142 Å². The highest BCUT2D eigenvalue weighted by Gasteiger charge is 2.04. The molecule has 0 aliphatic heterocycles. The minimum Gasteiger partial charge on any atom is -0.310 e. The fraction of sp³-hybridized carbons (Fsp3) is 0.150. The smallest absolute Gasteiger partial charge is 0.136 e. The molecular formula is C20H20N2S. The summed E-state index contributed by atoms with van der Waals surface area (Å²) < 4.78 is 3.32. The van der Waals surface area contributed by atoms with E-state index in [1.165, 1.54) is 27.1 Å². The molecule has 0 saturated heterocycles. The number of aromatic nitrogens is 1. The third kappa shape index (κ3) is 3.93. The summed E-state index contributed by atoms with van der Waals surface area (Å²) in [6.45, 7) is 6.27. The summed E-state index contributed by atoms with van der Waals surface area (Å²) in [4.78, 5) is 5.67. The summed E-state index contributed by atoms with van der Waals surface area (Å²) in [7, 11) is 0. The zero-order chi connectivity index (χ0) is 16.2. The average Bonchev–Trinajstić information content (AvgIpc) is 2.54. The first kappa shape index (κ1) is 15.6. The molecule has 0 radical (unpaired) electrons. The van der Waals surface area contributed by atoms with Gasteiger partial charge in [-0.2, -0.15) is 0 Å². The molecule has 0 fully saturated rings. The summed E-state index contributed by atoms with van der Waals surface area (Å²) >= 11 is 1.60. The lowest BCUT2D eigenvalue weighted by atomic mass is 10.0. The summed E-state index contributed by atoms with van der Waals surface area (Å²) in [6.07, 6.45) is 0. The lowest BCUT2D eigenvalue weighted by molar-refractivity contribution is 1.21. The van der Waals surface area contributed by atoms with Crippen LogP contribution in [-0.4, -0.2) is 4.98 Å². The van der Waals surface area contributed by atoms with E-state index >= 15 is 0 Å². The molecule has 3 aromatic rings. The number of nitrogens with one attached hydrogen (secondary N) is 1. The van der Waals surface area contributed by atoms with E-state index in [4.69, 9.17) is 0 Å². The van der Waals surface area contributed by atoms with Crippen LogP contribution in [-0.2, 0) is 0 Å². The largest absolute Gasteiger partial charge is 0.310 e. The molecule has 0 spiro atoms. The maximum absolute atomic E-state index is 4.46. The Morgan fingerprint density at radius 2 is 1.61 bits per heavy atom. The Hall–Kier alpha value is -2.26. The Balaban J connectivity index is 1.77. The molecule has 0 saturated carbocycles. The van der Waals surface area contributed by atoms with Crippen molar-refractivity contribution in [1.29, 1.82) is 0 Å². The van der Waals surface area contributed by atoms with E-state index in [0.717, 1.165) is 11.5 Å². The van der Waals surface area contributed by atoms with E-state index in [1.807, 2.05) is 25.1 Å². The maximum atomic E-state index is 4.46. The molecule has 1 aromatic heterocycles. The van der Waals surface area contributed by atoms with Crippen LogP contribution in [0.25, 0.3) is 11.1 Å². The molecule has 0 aliphatic carbocycles. The van der Waals surface area contributed by atoms with E-state index < -0.39 is 0 Å². The van der Waals surface area contributed by atoms with Crippen LogP contribution in [0.5, 0.6) is 0 Å². The van der Waals surface area contributed by atoms with Crippen molar-refractivity contribution in [3.05, 3.63) is 77.5 Å². The number of hydrogen-bond acceptors (Lipinski definition) is 3. The molecule has 116 valence electrons. The Morgan fingerprint density at radius 1 is 0.826 bits per heavy atom. The quantitative estimate of drug-likeness (QED) is 0.616. The van der Waals surface area contributed by atoms with Gasteiger partial charge in [-0.25, -0.2) is 4.98 Å². The van der Waals surface area contributed by atoms with E-state index in [9.17, 15) is 0 Å². The third-order valence-corrected chi connectivity index (χ3v) is 4.67. The highest BCUT2D eigenvalue weighted by molar-refractivity contribution is 8.00. The normalized spacial score (nSPS) is 10.6. The molecule has 2 aromatic carbocycles. The van der Waals surface area contributed by atoms with Gasteiger partial charge in [-0.1, -0.05) is 48.0 Å². The molecule has 23 heavy (non-hydrogen) atoms. The van der Waals surface area contributed by atoms with Gasteiger partial charge in [0.2, 0.25) is 0 Å². The molecule has 3 heteroatoms. The molecule has 0 aliphatic rings. The van der Waals surface area contributed by atoms with Crippen LogP contribution in [0.1, 0.15) is 16.8 Å². The first-order valence-corrected chi connectivity index (χ1v) is 8.48. The highest BCUT2D eigenvalue weighted by Crippen LogP contribution is 2.28. The molecule has 2 nitrogen and oxygen atoms in total. The van der Waals surface area contributed by atoms with Gasteiger partial charge in [0.1, 0.15) is 5.82 Å². The molecule has 1 heterocycles. The second-order valence-corrected chi connectivity index (χ2v) is 6.57. The van der Waals surface area contributed by atoms with Gasteiger partial charge in [0, 0.05) is 10.6 Å². The van der Waals surface area contributed by atoms with E-state index in [-0.39, 0.29) is 0 Å². The molecule has 0 bridgehead atoms. The lowest BCUT2D eigenvalue weighted by Crippen LogP contribution is -1.93. The number of benzene rings is 2. The number of aryl methyl sites for hydroxylation is 3. The van der Waals surface area contributed by atoms with Crippen molar-refractivity contribution in [1.82, 2.24) is 4.98 Å². The Bertz CT molecular complexity index is 827. The fourth-order valence-corrected chi connectivity index (χ4v) is 3.16. The standard InChI is InChI=1S/C20H20N2S/c1-14-6-4-8-17(12-14)18-10-11-19(15(2)13-18)23-22-20-9-5-7-16(3)21-20/h4-13H,1-3H3,(H,21,22). The average molecular weight is 320 g/mol. The molecule has 0 atom stereocenters. The molecule has 3 rings (SSSR count).